The summed E-state index contributed by atoms with van der Waals surface area (Å²) in [4.78, 5) is 4.74. The van der Waals surface area contributed by atoms with Crippen LogP contribution in [0.15, 0.2) is 11.1 Å². The van der Waals surface area contributed by atoms with Gasteiger partial charge in [0.2, 0.25) is 0 Å². The Hall–Kier alpha value is -0.790. The molecule has 0 bridgehead atoms. The van der Waals surface area contributed by atoms with Crippen molar-refractivity contribution < 1.29 is 0 Å². The number of aryl methyl sites for hydroxylation is 2. The number of hydrogen-bond acceptors (Lipinski definition) is 2. The number of rotatable bonds is 9. The summed E-state index contributed by atoms with van der Waals surface area (Å²) in [6, 6.07) is 2.12. The van der Waals surface area contributed by atoms with Crippen LogP contribution in [-0.4, -0.2) is 35.4 Å². The van der Waals surface area contributed by atoms with Gasteiger partial charge >= 0.3 is 0 Å². The zero-order valence-corrected chi connectivity index (χ0v) is 18.6. The number of aromatic nitrogens is 2. The van der Waals surface area contributed by atoms with Gasteiger partial charge in [-0.25, -0.2) is 0 Å². The van der Waals surface area contributed by atoms with E-state index < -0.39 is 0 Å². The normalized spacial score (nSPS) is 12.9. The Balaban J connectivity index is 0.00000529. The maximum absolute atomic E-state index is 4.74. The largest absolute Gasteiger partial charge is 0.357 e. The first-order chi connectivity index (χ1) is 11.0. The molecule has 140 valence electrons. The summed E-state index contributed by atoms with van der Waals surface area (Å²) < 4.78 is 2.08. The van der Waals surface area contributed by atoms with Crippen molar-refractivity contribution in [3.8, 4) is 0 Å². The minimum Gasteiger partial charge on any atom is -0.357 e. The van der Waals surface area contributed by atoms with Crippen molar-refractivity contribution in [1.82, 2.24) is 20.4 Å². The summed E-state index contributed by atoms with van der Waals surface area (Å²) in [5, 5.41) is 11.3. The third-order valence-electron chi connectivity index (χ3n) is 4.21. The van der Waals surface area contributed by atoms with Crippen molar-refractivity contribution in [3.63, 3.8) is 0 Å². The fourth-order valence-electron chi connectivity index (χ4n) is 2.62. The topological polar surface area (TPSA) is 54.2 Å². The average molecular weight is 449 g/mol. The van der Waals surface area contributed by atoms with Gasteiger partial charge in [-0.2, -0.15) is 5.10 Å². The van der Waals surface area contributed by atoms with E-state index in [-0.39, 0.29) is 24.0 Å². The molecule has 0 radical (unpaired) electrons. The van der Waals surface area contributed by atoms with Gasteiger partial charge in [0.1, 0.15) is 0 Å². The van der Waals surface area contributed by atoms with Gasteiger partial charge in [-0.3, -0.25) is 9.67 Å². The Labute approximate surface area is 165 Å². The predicted octanol–water partition coefficient (Wildman–Crippen LogP) is 3.75. The summed E-state index contributed by atoms with van der Waals surface area (Å²) in [7, 11) is 0. The Bertz CT molecular complexity index is 480. The van der Waals surface area contributed by atoms with Crippen molar-refractivity contribution in [2.45, 2.75) is 60.9 Å². The number of nitrogens with one attached hydrogen (secondary N) is 2. The zero-order chi connectivity index (χ0) is 17.2. The highest BCUT2D eigenvalue weighted by atomic mass is 127. The number of guanidine groups is 1. The van der Waals surface area contributed by atoms with Crippen LogP contribution in [0.4, 0.5) is 0 Å². The van der Waals surface area contributed by atoms with E-state index in [1.165, 1.54) is 18.5 Å². The van der Waals surface area contributed by atoms with Crippen LogP contribution in [0.3, 0.4) is 0 Å². The van der Waals surface area contributed by atoms with Gasteiger partial charge in [-0.15, -0.1) is 24.0 Å². The van der Waals surface area contributed by atoms with Gasteiger partial charge < -0.3 is 10.6 Å². The van der Waals surface area contributed by atoms with E-state index in [0.717, 1.165) is 37.8 Å². The SMILES string of the molecule is CCNC(=NCC(C)Cn1nc(C)cc1C)NCC(CC)CC.I. The van der Waals surface area contributed by atoms with Gasteiger partial charge in [0.15, 0.2) is 5.96 Å². The van der Waals surface area contributed by atoms with Crippen LogP contribution in [0.25, 0.3) is 0 Å². The number of halogens is 1. The van der Waals surface area contributed by atoms with Crippen LogP contribution in [0.1, 0.15) is 51.9 Å². The van der Waals surface area contributed by atoms with E-state index in [1.807, 2.05) is 6.92 Å². The highest BCUT2D eigenvalue weighted by Crippen LogP contribution is 2.07. The molecule has 24 heavy (non-hydrogen) atoms. The first kappa shape index (κ1) is 23.2. The molecule has 0 spiro atoms. The van der Waals surface area contributed by atoms with E-state index in [9.17, 15) is 0 Å². The molecule has 0 amide bonds. The highest BCUT2D eigenvalue weighted by Gasteiger charge is 2.08. The third-order valence-corrected chi connectivity index (χ3v) is 4.21. The molecule has 0 fully saturated rings. The van der Waals surface area contributed by atoms with Crippen LogP contribution in [0, 0.1) is 25.7 Å². The minimum atomic E-state index is 0. The van der Waals surface area contributed by atoms with E-state index in [4.69, 9.17) is 4.99 Å². The molecule has 1 aromatic rings. The van der Waals surface area contributed by atoms with Crippen molar-refractivity contribution in [3.05, 3.63) is 17.5 Å². The smallest absolute Gasteiger partial charge is 0.191 e. The second-order valence-electron chi connectivity index (χ2n) is 6.50. The molecule has 1 atom stereocenters. The van der Waals surface area contributed by atoms with Crippen LogP contribution in [0.2, 0.25) is 0 Å². The van der Waals surface area contributed by atoms with Crippen LogP contribution in [-0.2, 0) is 6.54 Å². The summed E-state index contributed by atoms with van der Waals surface area (Å²) in [6.07, 6.45) is 2.41. The van der Waals surface area contributed by atoms with Crippen LogP contribution >= 0.6 is 24.0 Å². The predicted molar refractivity (Wildman–Crippen MR) is 114 cm³/mol. The monoisotopic (exact) mass is 449 g/mol. The molecule has 0 saturated carbocycles. The van der Waals surface area contributed by atoms with Crippen molar-refractivity contribution >= 4 is 29.9 Å². The number of aliphatic imine (C=N–C) groups is 1. The van der Waals surface area contributed by atoms with Gasteiger partial charge in [0.05, 0.1) is 5.69 Å². The Morgan fingerprint density at radius 2 is 1.88 bits per heavy atom. The summed E-state index contributed by atoms with van der Waals surface area (Å²) in [6.45, 7) is 16.6. The van der Waals surface area contributed by atoms with E-state index in [0.29, 0.717) is 11.8 Å². The molecule has 1 aromatic heterocycles. The highest BCUT2D eigenvalue weighted by molar-refractivity contribution is 14.0. The minimum absolute atomic E-state index is 0. The fraction of sp³-hybridized carbons (Fsp3) is 0.778. The van der Waals surface area contributed by atoms with E-state index in [2.05, 4.69) is 61.1 Å². The Kier molecular flexibility index (Phi) is 12.1. The van der Waals surface area contributed by atoms with E-state index >= 15 is 0 Å². The maximum Gasteiger partial charge on any atom is 0.191 e. The fourth-order valence-corrected chi connectivity index (χ4v) is 2.62. The molecular formula is C18H36IN5. The van der Waals surface area contributed by atoms with Gasteiger partial charge in [0, 0.05) is 31.9 Å². The summed E-state index contributed by atoms with van der Waals surface area (Å²) in [5.41, 5.74) is 2.30. The van der Waals surface area contributed by atoms with Crippen LogP contribution < -0.4 is 10.6 Å². The van der Waals surface area contributed by atoms with Crippen molar-refractivity contribution in [2.75, 3.05) is 19.6 Å². The maximum atomic E-state index is 4.74. The molecule has 0 saturated heterocycles. The van der Waals surface area contributed by atoms with Gasteiger partial charge in [-0.05, 0) is 38.7 Å². The summed E-state index contributed by atoms with van der Waals surface area (Å²) >= 11 is 0. The van der Waals surface area contributed by atoms with Gasteiger partial charge in [-0.1, -0.05) is 33.6 Å². The van der Waals surface area contributed by atoms with Crippen molar-refractivity contribution in [2.24, 2.45) is 16.8 Å². The number of hydrogen-bond donors (Lipinski definition) is 2. The lowest BCUT2D eigenvalue weighted by molar-refractivity contribution is 0.448. The molecule has 0 aliphatic rings. The molecule has 1 unspecified atom stereocenters. The van der Waals surface area contributed by atoms with Crippen molar-refractivity contribution in [1.29, 1.82) is 0 Å². The molecule has 0 aromatic carbocycles. The van der Waals surface area contributed by atoms with Crippen LogP contribution in [0.5, 0.6) is 0 Å². The van der Waals surface area contributed by atoms with Gasteiger partial charge in [0.25, 0.3) is 0 Å². The number of nitrogens with zero attached hydrogens (tertiary/aromatic N) is 3. The standard InChI is InChI=1S/C18H35N5.HI/c1-7-17(8-2)12-21-18(19-9-3)20-11-14(4)13-23-16(6)10-15(5)22-23;/h10,14,17H,7-9,11-13H2,1-6H3,(H2,19,20,21);1H. The lowest BCUT2D eigenvalue weighted by Crippen LogP contribution is -2.40. The quantitative estimate of drug-likeness (QED) is 0.343. The average Bonchev–Trinajstić information content (AvgIpc) is 2.83. The molecule has 5 nitrogen and oxygen atoms in total. The molecular weight excluding hydrogens is 413 g/mol. The van der Waals surface area contributed by atoms with E-state index in [1.54, 1.807) is 0 Å². The first-order valence-electron chi connectivity index (χ1n) is 9.03. The molecule has 1 heterocycles. The third kappa shape index (κ3) is 8.35. The second kappa shape index (κ2) is 12.6. The zero-order valence-electron chi connectivity index (χ0n) is 16.2. The first-order valence-corrected chi connectivity index (χ1v) is 9.03. The molecule has 0 aliphatic carbocycles. The summed E-state index contributed by atoms with van der Waals surface area (Å²) in [5.74, 6) is 2.10. The Morgan fingerprint density at radius 1 is 1.21 bits per heavy atom. The Morgan fingerprint density at radius 3 is 2.38 bits per heavy atom. The second-order valence-corrected chi connectivity index (χ2v) is 6.50. The molecule has 0 aliphatic heterocycles. The molecule has 6 heteroatoms. The molecule has 1 rings (SSSR count). The lowest BCUT2D eigenvalue weighted by atomic mass is 10.0. The molecule has 2 N–H and O–H groups in total. The lowest BCUT2D eigenvalue weighted by Gasteiger charge is -2.17.